The number of nitrogens with one attached hydrogen (secondary N) is 1. The van der Waals surface area contributed by atoms with Gasteiger partial charge in [0, 0.05) is 19.0 Å². The lowest BCUT2D eigenvalue weighted by molar-refractivity contribution is -0.137. The van der Waals surface area contributed by atoms with Crippen molar-refractivity contribution in [1.82, 2.24) is 5.32 Å². The zero-order chi connectivity index (χ0) is 10.5. The summed E-state index contributed by atoms with van der Waals surface area (Å²) in [6, 6.07) is 0.287. The predicted octanol–water partition coefficient (Wildman–Crippen LogP) is 2.30. The fourth-order valence-electron chi connectivity index (χ4n) is 0.922. The van der Waals surface area contributed by atoms with Crippen LogP contribution in [0.25, 0.3) is 0 Å². The molecule has 0 rings (SSSR count). The Bertz CT molecular complexity index is 166. The Kier molecular flexibility index (Phi) is 8.16. The summed E-state index contributed by atoms with van der Waals surface area (Å²) < 4.78 is 0. The largest absolute Gasteiger partial charge is 0.481 e. The van der Waals surface area contributed by atoms with E-state index in [9.17, 15) is 4.79 Å². The summed E-state index contributed by atoms with van der Waals surface area (Å²) in [7, 11) is 0. The van der Waals surface area contributed by atoms with Gasteiger partial charge in [0.1, 0.15) is 0 Å². The first-order chi connectivity index (χ1) is 5.81. The van der Waals surface area contributed by atoms with Gasteiger partial charge in [-0.15, -0.1) is 12.4 Å². The van der Waals surface area contributed by atoms with Crippen molar-refractivity contribution in [3.05, 3.63) is 0 Å². The number of aliphatic carboxylic acids is 1. The van der Waals surface area contributed by atoms with Crippen LogP contribution in [0.15, 0.2) is 0 Å². The van der Waals surface area contributed by atoms with Crippen molar-refractivity contribution >= 4 is 18.4 Å². The van der Waals surface area contributed by atoms with Crippen molar-refractivity contribution in [2.75, 3.05) is 6.54 Å². The number of rotatable bonds is 5. The molecule has 0 aliphatic heterocycles. The second kappa shape index (κ2) is 7.07. The van der Waals surface area contributed by atoms with Crippen LogP contribution in [0.2, 0.25) is 0 Å². The van der Waals surface area contributed by atoms with E-state index in [1.54, 1.807) is 0 Å². The topological polar surface area (TPSA) is 49.3 Å². The highest BCUT2D eigenvalue weighted by atomic mass is 35.5. The molecule has 0 aromatic heterocycles. The molecule has 0 radical (unpaired) electrons. The number of carboxylic acids is 1. The maximum absolute atomic E-state index is 10.3. The van der Waals surface area contributed by atoms with Gasteiger partial charge in [-0.25, -0.2) is 0 Å². The van der Waals surface area contributed by atoms with Crippen LogP contribution in [0.3, 0.4) is 0 Å². The molecule has 0 bridgehead atoms. The number of carboxylic acid groups (broad SMARTS) is 1. The molecule has 0 aliphatic carbocycles. The smallest absolute Gasteiger partial charge is 0.303 e. The molecule has 0 amide bonds. The van der Waals surface area contributed by atoms with Gasteiger partial charge in [0.25, 0.3) is 0 Å². The summed E-state index contributed by atoms with van der Waals surface area (Å²) in [5, 5.41) is 11.8. The Labute approximate surface area is 92.7 Å². The minimum Gasteiger partial charge on any atom is -0.481 e. The fourth-order valence-corrected chi connectivity index (χ4v) is 0.922. The number of hydrogen-bond acceptors (Lipinski definition) is 2. The molecule has 1 atom stereocenters. The predicted molar refractivity (Wildman–Crippen MR) is 61.0 cm³/mol. The van der Waals surface area contributed by atoms with Crippen molar-refractivity contribution in [2.24, 2.45) is 5.41 Å². The van der Waals surface area contributed by atoms with Crippen LogP contribution in [-0.4, -0.2) is 23.7 Å². The number of carbonyl (C=O) groups is 1. The summed E-state index contributed by atoms with van der Waals surface area (Å²) in [5.74, 6) is -0.718. The first-order valence-corrected chi connectivity index (χ1v) is 4.76. The molecule has 0 aromatic carbocycles. The molecule has 3 nitrogen and oxygen atoms in total. The first-order valence-electron chi connectivity index (χ1n) is 4.76. The van der Waals surface area contributed by atoms with Crippen molar-refractivity contribution in [1.29, 1.82) is 0 Å². The van der Waals surface area contributed by atoms with Gasteiger partial charge in [-0.1, -0.05) is 20.8 Å². The van der Waals surface area contributed by atoms with Crippen molar-refractivity contribution in [3.63, 3.8) is 0 Å². The average Bonchev–Trinajstić information content (AvgIpc) is 1.95. The minimum atomic E-state index is -0.718. The van der Waals surface area contributed by atoms with Gasteiger partial charge in [-0.3, -0.25) is 4.79 Å². The molecule has 0 fully saturated rings. The Morgan fingerprint density at radius 1 is 1.43 bits per heavy atom. The van der Waals surface area contributed by atoms with Crippen LogP contribution in [0.4, 0.5) is 0 Å². The summed E-state index contributed by atoms with van der Waals surface area (Å²) in [6.07, 6.45) is 0.948. The molecule has 0 aliphatic rings. The van der Waals surface area contributed by atoms with E-state index in [0.717, 1.165) is 6.54 Å². The second-order valence-electron chi connectivity index (χ2n) is 4.78. The Morgan fingerprint density at radius 3 is 2.29 bits per heavy atom. The van der Waals surface area contributed by atoms with Crippen molar-refractivity contribution in [3.8, 4) is 0 Å². The molecule has 0 saturated carbocycles. The van der Waals surface area contributed by atoms with E-state index >= 15 is 0 Å². The normalized spacial score (nSPS) is 13.1. The Morgan fingerprint density at radius 2 is 1.93 bits per heavy atom. The fraction of sp³-hybridized carbons (Fsp3) is 0.900. The Hall–Kier alpha value is -0.280. The molecular weight excluding hydrogens is 202 g/mol. The summed E-state index contributed by atoms with van der Waals surface area (Å²) in [4.78, 5) is 10.3. The lowest BCUT2D eigenvalue weighted by Gasteiger charge is -2.22. The van der Waals surface area contributed by atoms with Crippen molar-refractivity contribution in [2.45, 2.75) is 46.6 Å². The summed E-state index contributed by atoms with van der Waals surface area (Å²) in [5.41, 5.74) is 0.261. The van der Waals surface area contributed by atoms with Crippen molar-refractivity contribution < 1.29 is 9.90 Å². The van der Waals surface area contributed by atoms with Gasteiger partial charge in [0.05, 0.1) is 0 Å². The monoisotopic (exact) mass is 223 g/mol. The zero-order valence-corrected chi connectivity index (χ0v) is 10.3. The van der Waals surface area contributed by atoms with Gasteiger partial charge >= 0.3 is 5.97 Å². The third-order valence-electron chi connectivity index (χ3n) is 1.77. The van der Waals surface area contributed by atoms with Gasteiger partial charge in [0.2, 0.25) is 0 Å². The SMILES string of the molecule is CC(CCC(=O)O)NCC(C)(C)C.Cl. The molecule has 1 unspecified atom stereocenters. The standard InChI is InChI=1S/C10H21NO2.ClH/c1-8(5-6-9(12)13)11-7-10(2,3)4;/h8,11H,5-7H2,1-4H3,(H,12,13);1H. The van der Waals surface area contributed by atoms with Gasteiger partial charge < -0.3 is 10.4 Å². The zero-order valence-electron chi connectivity index (χ0n) is 9.46. The van der Waals surface area contributed by atoms with Crippen LogP contribution in [0, 0.1) is 5.41 Å². The average molecular weight is 224 g/mol. The van der Waals surface area contributed by atoms with Gasteiger partial charge in [-0.2, -0.15) is 0 Å². The van der Waals surface area contributed by atoms with E-state index in [-0.39, 0.29) is 30.3 Å². The Balaban J connectivity index is 0. The highest BCUT2D eigenvalue weighted by Crippen LogP contribution is 2.11. The molecule has 0 heterocycles. The molecular formula is C10H22ClNO2. The maximum Gasteiger partial charge on any atom is 0.303 e. The maximum atomic E-state index is 10.3. The third kappa shape index (κ3) is 11.7. The van der Waals surface area contributed by atoms with Crippen LogP contribution in [0.1, 0.15) is 40.5 Å². The minimum absolute atomic E-state index is 0. The lowest BCUT2D eigenvalue weighted by atomic mass is 9.96. The number of hydrogen-bond donors (Lipinski definition) is 2. The quantitative estimate of drug-likeness (QED) is 0.752. The lowest BCUT2D eigenvalue weighted by Crippen LogP contribution is -2.34. The molecule has 0 saturated heterocycles. The summed E-state index contributed by atoms with van der Waals surface area (Å²) in [6.45, 7) is 9.42. The van der Waals surface area contributed by atoms with Crippen LogP contribution < -0.4 is 5.32 Å². The molecule has 4 heteroatoms. The molecule has 0 aromatic rings. The van der Waals surface area contributed by atoms with Crippen LogP contribution >= 0.6 is 12.4 Å². The van der Waals surface area contributed by atoms with Gasteiger partial charge in [-0.05, 0) is 18.8 Å². The summed E-state index contributed by atoms with van der Waals surface area (Å²) >= 11 is 0. The van der Waals surface area contributed by atoms with E-state index in [1.807, 2.05) is 6.92 Å². The molecule has 2 N–H and O–H groups in total. The van der Waals surface area contributed by atoms with E-state index in [0.29, 0.717) is 6.42 Å². The van der Waals surface area contributed by atoms with Crippen LogP contribution in [-0.2, 0) is 4.79 Å². The molecule has 14 heavy (non-hydrogen) atoms. The molecule has 0 spiro atoms. The first kappa shape index (κ1) is 16.2. The van der Waals surface area contributed by atoms with E-state index in [4.69, 9.17) is 5.11 Å². The van der Waals surface area contributed by atoms with Crippen LogP contribution in [0.5, 0.6) is 0 Å². The molecule has 86 valence electrons. The number of halogens is 1. The highest BCUT2D eigenvalue weighted by molar-refractivity contribution is 5.85. The highest BCUT2D eigenvalue weighted by Gasteiger charge is 2.12. The van der Waals surface area contributed by atoms with E-state index in [1.165, 1.54) is 0 Å². The second-order valence-corrected chi connectivity index (χ2v) is 4.78. The van der Waals surface area contributed by atoms with Gasteiger partial charge in [0.15, 0.2) is 0 Å². The van der Waals surface area contributed by atoms with E-state index < -0.39 is 5.97 Å². The third-order valence-corrected chi connectivity index (χ3v) is 1.77. The van der Waals surface area contributed by atoms with E-state index in [2.05, 4.69) is 26.1 Å².